The molecule has 24 heavy (non-hydrogen) atoms. The Balaban J connectivity index is 2.06. The summed E-state index contributed by atoms with van der Waals surface area (Å²) in [4.78, 5) is 23.0. The average Bonchev–Trinajstić information content (AvgIpc) is 2.56. The summed E-state index contributed by atoms with van der Waals surface area (Å²) < 4.78 is 12.5. The molecule has 1 N–H and O–H groups in total. The Bertz CT molecular complexity index is 779. The minimum absolute atomic E-state index is 0.165. The largest absolute Gasteiger partial charge is 0.493 e. The molecule has 5 nitrogen and oxygen atoms in total. The molecule has 0 radical (unpaired) electrons. The molecular formula is C17H15BrINO4. The van der Waals surface area contributed by atoms with Crippen molar-refractivity contribution in [3.63, 3.8) is 0 Å². The van der Waals surface area contributed by atoms with Crippen LogP contribution in [0, 0.1) is 10.5 Å². The number of aldehydes is 1. The molecule has 0 saturated heterocycles. The quantitative estimate of drug-likeness (QED) is 0.474. The molecule has 0 heterocycles. The summed E-state index contributed by atoms with van der Waals surface area (Å²) in [6, 6.07) is 8.78. The lowest BCUT2D eigenvalue weighted by Crippen LogP contribution is -2.20. The van der Waals surface area contributed by atoms with Crippen LogP contribution < -0.4 is 14.8 Å². The maximum atomic E-state index is 12.1. The number of halogens is 2. The van der Waals surface area contributed by atoms with E-state index in [1.807, 2.05) is 41.6 Å². The fraction of sp³-hybridized carbons (Fsp3) is 0.176. The molecule has 0 fully saturated rings. The SMILES string of the molecule is COc1cc(C=O)cc(I)c1OCC(=O)Nc1ccc(Br)c(C)c1. The number of carbonyl (C=O) groups is 2. The molecule has 0 aliphatic heterocycles. The van der Waals surface area contributed by atoms with Crippen molar-refractivity contribution in [3.8, 4) is 11.5 Å². The average molecular weight is 504 g/mol. The minimum atomic E-state index is -0.283. The van der Waals surface area contributed by atoms with Crippen molar-refractivity contribution in [3.05, 3.63) is 49.5 Å². The Hall–Kier alpha value is -1.61. The first-order valence-electron chi connectivity index (χ1n) is 6.96. The fourth-order valence-electron chi connectivity index (χ4n) is 2.01. The van der Waals surface area contributed by atoms with Gasteiger partial charge in [0.25, 0.3) is 5.91 Å². The van der Waals surface area contributed by atoms with Crippen molar-refractivity contribution in [2.75, 3.05) is 19.0 Å². The van der Waals surface area contributed by atoms with Gasteiger partial charge in [0.2, 0.25) is 0 Å². The number of amides is 1. The van der Waals surface area contributed by atoms with Crippen LogP contribution in [0.5, 0.6) is 11.5 Å². The maximum Gasteiger partial charge on any atom is 0.262 e. The lowest BCUT2D eigenvalue weighted by atomic mass is 10.2. The monoisotopic (exact) mass is 503 g/mol. The second kappa shape index (κ2) is 8.48. The summed E-state index contributed by atoms with van der Waals surface area (Å²) in [7, 11) is 1.48. The summed E-state index contributed by atoms with van der Waals surface area (Å²) in [6.45, 7) is 1.78. The van der Waals surface area contributed by atoms with Gasteiger partial charge in [0, 0.05) is 15.7 Å². The number of anilines is 1. The van der Waals surface area contributed by atoms with Crippen LogP contribution in [-0.2, 0) is 4.79 Å². The molecule has 0 saturated carbocycles. The second-order valence-corrected chi connectivity index (χ2v) is 6.97. The number of rotatable bonds is 6. The van der Waals surface area contributed by atoms with Gasteiger partial charge in [-0.15, -0.1) is 0 Å². The molecule has 0 aliphatic carbocycles. The number of aryl methyl sites for hydroxylation is 1. The van der Waals surface area contributed by atoms with Gasteiger partial charge >= 0.3 is 0 Å². The van der Waals surface area contributed by atoms with Crippen molar-refractivity contribution in [2.45, 2.75) is 6.92 Å². The van der Waals surface area contributed by atoms with E-state index in [1.165, 1.54) is 7.11 Å². The highest BCUT2D eigenvalue weighted by molar-refractivity contribution is 14.1. The van der Waals surface area contributed by atoms with E-state index in [0.29, 0.717) is 26.3 Å². The van der Waals surface area contributed by atoms with Crippen LogP contribution in [-0.4, -0.2) is 25.9 Å². The highest BCUT2D eigenvalue weighted by atomic mass is 127. The van der Waals surface area contributed by atoms with E-state index in [2.05, 4.69) is 21.2 Å². The van der Waals surface area contributed by atoms with E-state index in [-0.39, 0.29) is 12.5 Å². The number of hydrogen-bond donors (Lipinski definition) is 1. The smallest absolute Gasteiger partial charge is 0.262 e. The summed E-state index contributed by atoms with van der Waals surface area (Å²) >= 11 is 5.45. The van der Waals surface area contributed by atoms with Gasteiger partial charge in [0.15, 0.2) is 18.1 Å². The Morgan fingerprint density at radius 1 is 1.33 bits per heavy atom. The zero-order valence-corrected chi connectivity index (χ0v) is 16.8. The first kappa shape index (κ1) is 18.7. The molecule has 0 unspecified atom stereocenters. The van der Waals surface area contributed by atoms with Crippen LogP contribution in [0.2, 0.25) is 0 Å². The second-order valence-electron chi connectivity index (χ2n) is 4.95. The van der Waals surface area contributed by atoms with Crippen molar-refractivity contribution in [1.29, 1.82) is 0 Å². The normalized spacial score (nSPS) is 10.2. The molecular weight excluding hydrogens is 489 g/mol. The molecule has 0 bridgehead atoms. The van der Waals surface area contributed by atoms with Gasteiger partial charge < -0.3 is 14.8 Å². The van der Waals surface area contributed by atoms with E-state index in [4.69, 9.17) is 9.47 Å². The van der Waals surface area contributed by atoms with Crippen LogP contribution in [0.1, 0.15) is 15.9 Å². The number of hydrogen-bond acceptors (Lipinski definition) is 4. The number of nitrogens with one attached hydrogen (secondary N) is 1. The van der Waals surface area contributed by atoms with Crippen LogP contribution in [0.4, 0.5) is 5.69 Å². The summed E-state index contributed by atoms with van der Waals surface area (Å²) in [5.41, 5.74) is 2.20. The first-order chi connectivity index (χ1) is 11.4. The van der Waals surface area contributed by atoms with Gasteiger partial charge in [-0.25, -0.2) is 0 Å². The third kappa shape index (κ3) is 4.70. The Labute approximate surface area is 162 Å². The van der Waals surface area contributed by atoms with Crippen molar-refractivity contribution >= 4 is 56.4 Å². The van der Waals surface area contributed by atoms with Gasteiger partial charge in [0.1, 0.15) is 6.29 Å². The zero-order valence-electron chi connectivity index (χ0n) is 13.1. The molecule has 0 atom stereocenters. The highest BCUT2D eigenvalue weighted by Gasteiger charge is 2.13. The predicted molar refractivity (Wildman–Crippen MR) is 104 cm³/mol. The third-order valence-electron chi connectivity index (χ3n) is 3.18. The van der Waals surface area contributed by atoms with Crippen molar-refractivity contribution < 1.29 is 19.1 Å². The topological polar surface area (TPSA) is 64.6 Å². The number of methoxy groups -OCH3 is 1. The molecule has 2 aromatic rings. The Kier molecular flexibility index (Phi) is 6.61. The third-order valence-corrected chi connectivity index (χ3v) is 4.87. The van der Waals surface area contributed by atoms with E-state index in [1.54, 1.807) is 18.2 Å². The van der Waals surface area contributed by atoms with Crippen molar-refractivity contribution in [1.82, 2.24) is 0 Å². The molecule has 0 spiro atoms. The maximum absolute atomic E-state index is 12.1. The van der Waals surface area contributed by atoms with Crippen LogP contribution in [0.25, 0.3) is 0 Å². The van der Waals surface area contributed by atoms with E-state index in [0.717, 1.165) is 16.3 Å². The Morgan fingerprint density at radius 3 is 2.71 bits per heavy atom. The molecule has 1 amide bonds. The van der Waals surface area contributed by atoms with Gasteiger partial charge in [-0.2, -0.15) is 0 Å². The predicted octanol–water partition coefficient (Wildman–Crippen LogP) is 4.20. The molecule has 0 aliphatic rings. The van der Waals surface area contributed by atoms with Crippen LogP contribution in [0.3, 0.4) is 0 Å². The number of ether oxygens (including phenoxy) is 2. The molecule has 2 rings (SSSR count). The lowest BCUT2D eigenvalue weighted by molar-refractivity contribution is -0.118. The van der Waals surface area contributed by atoms with Gasteiger partial charge in [-0.3, -0.25) is 9.59 Å². The molecule has 7 heteroatoms. The number of benzene rings is 2. The summed E-state index contributed by atoms with van der Waals surface area (Å²) in [6.07, 6.45) is 0.733. The lowest BCUT2D eigenvalue weighted by Gasteiger charge is -2.13. The van der Waals surface area contributed by atoms with Crippen LogP contribution >= 0.6 is 38.5 Å². The summed E-state index contributed by atoms with van der Waals surface area (Å²) in [5, 5.41) is 2.78. The molecule has 126 valence electrons. The number of carbonyl (C=O) groups excluding carboxylic acids is 2. The highest BCUT2D eigenvalue weighted by Crippen LogP contribution is 2.33. The van der Waals surface area contributed by atoms with E-state index < -0.39 is 0 Å². The first-order valence-corrected chi connectivity index (χ1v) is 8.83. The van der Waals surface area contributed by atoms with Crippen molar-refractivity contribution in [2.24, 2.45) is 0 Å². The van der Waals surface area contributed by atoms with Crippen LogP contribution in [0.15, 0.2) is 34.8 Å². The van der Waals surface area contributed by atoms with Gasteiger partial charge in [-0.1, -0.05) is 15.9 Å². The molecule has 2 aromatic carbocycles. The zero-order chi connectivity index (χ0) is 17.7. The minimum Gasteiger partial charge on any atom is -0.493 e. The fourth-order valence-corrected chi connectivity index (χ4v) is 3.03. The van der Waals surface area contributed by atoms with E-state index >= 15 is 0 Å². The van der Waals surface area contributed by atoms with Gasteiger partial charge in [-0.05, 0) is 65.4 Å². The Morgan fingerprint density at radius 2 is 2.08 bits per heavy atom. The standard InChI is InChI=1S/C17H15BrINO4/c1-10-5-12(3-4-13(10)18)20-16(22)9-24-17-14(19)6-11(8-21)7-15(17)23-2/h3-8H,9H2,1-2H3,(H,20,22). The molecule has 0 aromatic heterocycles. The van der Waals surface area contributed by atoms with E-state index in [9.17, 15) is 9.59 Å². The summed E-state index contributed by atoms with van der Waals surface area (Å²) in [5.74, 6) is 0.566. The van der Waals surface area contributed by atoms with Gasteiger partial charge in [0.05, 0.1) is 10.7 Å².